The lowest BCUT2D eigenvalue weighted by molar-refractivity contribution is -0.119. The Balaban J connectivity index is 1.64. The maximum atomic E-state index is 12.1. The van der Waals surface area contributed by atoms with Crippen LogP contribution in [0.4, 0.5) is 5.00 Å². The minimum atomic E-state index is -0.698. The standard InChI is InChI=1S/C19H18N2O4S/c1-11-5-6-14-15(9-20)18(26-16(14)7-11)21-17(23)10-25-19(24)12-3-2-4-13(22)8-12/h2-4,8,11,22H,5-7,10H2,1H3,(H,21,23)/t11-/m1/s1. The van der Waals surface area contributed by atoms with E-state index in [0.29, 0.717) is 16.5 Å². The van der Waals surface area contributed by atoms with Gasteiger partial charge in [-0.3, -0.25) is 4.79 Å². The van der Waals surface area contributed by atoms with Crippen molar-refractivity contribution >= 4 is 28.2 Å². The Morgan fingerprint density at radius 1 is 1.46 bits per heavy atom. The number of ether oxygens (including phenoxy) is 1. The van der Waals surface area contributed by atoms with E-state index < -0.39 is 18.5 Å². The summed E-state index contributed by atoms with van der Waals surface area (Å²) in [5, 5.41) is 22.0. The van der Waals surface area contributed by atoms with Gasteiger partial charge in [-0.05, 0) is 48.9 Å². The zero-order chi connectivity index (χ0) is 18.7. The maximum absolute atomic E-state index is 12.1. The first-order valence-corrected chi connectivity index (χ1v) is 9.10. The number of nitrogens with one attached hydrogen (secondary N) is 1. The van der Waals surface area contributed by atoms with E-state index in [0.717, 1.165) is 29.7 Å². The van der Waals surface area contributed by atoms with Gasteiger partial charge in [0, 0.05) is 4.88 Å². The number of hydrogen-bond acceptors (Lipinski definition) is 6. The number of anilines is 1. The highest BCUT2D eigenvalue weighted by Gasteiger charge is 2.24. The van der Waals surface area contributed by atoms with Gasteiger partial charge in [0.25, 0.3) is 5.91 Å². The summed E-state index contributed by atoms with van der Waals surface area (Å²) in [5.41, 5.74) is 1.71. The maximum Gasteiger partial charge on any atom is 0.338 e. The van der Waals surface area contributed by atoms with Crippen molar-refractivity contribution < 1.29 is 19.4 Å². The predicted octanol–water partition coefficient (Wildman–Crippen LogP) is 3.25. The Morgan fingerprint density at radius 3 is 3.00 bits per heavy atom. The molecule has 1 atom stereocenters. The fourth-order valence-corrected chi connectivity index (χ4v) is 4.34. The molecule has 0 bridgehead atoms. The topological polar surface area (TPSA) is 99.4 Å². The second-order valence-corrected chi connectivity index (χ2v) is 7.45. The van der Waals surface area contributed by atoms with Crippen LogP contribution >= 0.6 is 11.3 Å². The van der Waals surface area contributed by atoms with Crippen molar-refractivity contribution in [2.24, 2.45) is 5.92 Å². The van der Waals surface area contributed by atoms with Crippen LogP contribution < -0.4 is 5.32 Å². The fourth-order valence-electron chi connectivity index (χ4n) is 2.97. The molecule has 0 saturated carbocycles. The van der Waals surface area contributed by atoms with Gasteiger partial charge < -0.3 is 15.2 Å². The molecule has 1 aromatic carbocycles. The van der Waals surface area contributed by atoms with Crippen LogP contribution in [0.2, 0.25) is 0 Å². The molecule has 3 rings (SSSR count). The Bertz CT molecular complexity index is 897. The zero-order valence-electron chi connectivity index (χ0n) is 14.2. The molecule has 1 heterocycles. The smallest absolute Gasteiger partial charge is 0.338 e. The molecule has 1 aromatic heterocycles. The third-order valence-corrected chi connectivity index (χ3v) is 5.46. The van der Waals surface area contributed by atoms with E-state index >= 15 is 0 Å². The minimum absolute atomic E-state index is 0.0547. The fraction of sp³-hybridized carbons (Fsp3) is 0.316. The number of carbonyl (C=O) groups excluding carboxylic acids is 2. The number of aromatic hydroxyl groups is 1. The second kappa shape index (κ2) is 7.58. The Morgan fingerprint density at radius 2 is 2.27 bits per heavy atom. The lowest BCUT2D eigenvalue weighted by Gasteiger charge is -2.17. The van der Waals surface area contributed by atoms with Gasteiger partial charge in [0.15, 0.2) is 6.61 Å². The molecule has 0 aliphatic heterocycles. The summed E-state index contributed by atoms with van der Waals surface area (Å²) in [5.74, 6) is -0.682. The number of phenols is 1. The first-order valence-electron chi connectivity index (χ1n) is 8.28. The number of benzene rings is 1. The van der Waals surface area contributed by atoms with Gasteiger partial charge >= 0.3 is 5.97 Å². The molecule has 0 spiro atoms. The highest BCUT2D eigenvalue weighted by Crippen LogP contribution is 2.39. The van der Waals surface area contributed by atoms with Crippen LogP contribution in [0, 0.1) is 17.2 Å². The van der Waals surface area contributed by atoms with Gasteiger partial charge in [-0.2, -0.15) is 5.26 Å². The van der Waals surface area contributed by atoms with Crippen molar-refractivity contribution in [3.63, 3.8) is 0 Å². The van der Waals surface area contributed by atoms with E-state index in [9.17, 15) is 20.0 Å². The highest BCUT2D eigenvalue weighted by molar-refractivity contribution is 7.16. The number of amides is 1. The van der Waals surface area contributed by atoms with Crippen LogP contribution in [0.15, 0.2) is 24.3 Å². The first-order chi connectivity index (χ1) is 12.5. The second-order valence-electron chi connectivity index (χ2n) is 6.34. The molecule has 1 amide bonds. The summed E-state index contributed by atoms with van der Waals surface area (Å²) in [6, 6.07) is 7.89. The van der Waals surface area contributed by atoms with E-state index in [1.54, 1.807) is 0 Å². The van der Waals surface area contributed by atoms with Crippen LogP contribution in [0.25, 0.3) is 0 Å². The normalized spacial score (nSPS) is 15.6. The molecule has 1 aliphatic carbocycles. The average Bonchev–Trinajstić information content (AvgIpc) is 2.95. The number of carbonyl (C=O) groups is 2. The summed E-state index contributed by atoms with van der Waals surface area (Å²) in [7, 11) is 0. The molecule has 0 fully saturated rings. The van der Waals surface area contributed by atoms with Crippen molar-refractivity contribution in [3.05, 3.63) is 45.8 Å². The molecule has 1 aliphatic rings. The number of thiophene rings is 1. The van der Waals surface area contributed by atoms with Crippen LogP contribution in [0.3, 0.4) is 0 Å². The Kier molecular flexibility index (Phi) is 5.24. The third-order valence-electron chi connectivity index (χ3n) is 4.29. The molecule has 6 nitrogen and oxygen atoms in total. The van der Waals surface area contributed by atoms with Crippen LogP contribution in [-0.4, -0.2) is 23.6 Å². The molecule has 7 heteroatoms. The molecule has 0 unspecified atom stereocenters. The molecular formula is C19H18N2O4S. The van der Waals surface area contributed by atoms with Crippen molar-refractivity contribution in [2.75, 3.05) is 11.9 Å². The Labute approximate surface area is 155 Å². The number of fused-ring (bicyclic) bond motifs is 1. The summed E-state index contributed by atoms with van der Waals surface area (Å²) < 4.78 is 4.97. The molecule has 2 aromatic rings. The van der Waals surface area contributed by atoms with Crippen molar-refractivity contribution in [3.8, 4) is 11.8 Å². The van der Waals surface area contributed by atoms with Crippen LogP contribution in [0.1, 0.15) is 39.7 Å². The number of hydrogen-bond donors (Lipinski definition) is 2. The summed E-state index contributed by atoms with van der Waals surface area (Å²) >= 11 is 1.42. The minimum Gasteiger partial charge on any atom is -0.508 e. The van der Waals surface area contributed by atoms with Crippen molar-refractivity contribution in [1.82, 2.24) is 0 Å². The van der Waals surface area contributed by atoms with Gasteiger partial charge in [-0.1, -0.05) is 13.0 Å². The largest absolute Gasteiger partial charge is 0.508 e. The summed E-state index contributed by atoms with van der Waals surface area (Å²) in [6.45, 7) is 1.71. The number of nitriles is 1. The quantitative estimate of drug-likeness (QED) is 0.805. The van der Waals surface area contributed by atoms with Gasteiger partial charge in [0.1, 0.15) is 16.8 Å². The van der Waals surface area contributed by atoms with E-state index in [1.807, 2.05) is 0 Å². The summed E-state index contributed by atoms with van der Waals surface area (Å²) in [6.07, 6.45) is 2.79. The molecule has 2 N–H and O–H groups in total. The summed E-state index contributed by atoms with van der Waals surface area (Å²) in [4.78, 5) is 25.2. The van der Waals surface area contributed by atoms with E-state index in [4.69, 9.17) is 4.74 Å². The van der Waals surface area contributed by atoms with Gasteiger partial charge in [-0.25, -0.2) is 4.79 Å². The van der Waals surface area contributed by atoms with Crippen molar-refractivity contribution in [1.29, 1.82) is 5.26 Å². The SMILES string of the molecule is C[C@@H]1CCc2c(sc(NC(=O)COC(=O)c3cccc(O)c3)c2C#N)C1. The van der Waals surface area contributed by atoms with E-state index in [-0.39, 0.29) is 11.3 Å². The van der Waals surface area contributed by atoms with Crippen LogP contribution in [0.5, 0.6) is 5.75 Å². The van der Waals surface area contributed by atoms with E-state index in [2.05, 4.69) is 18.3 Å². The highest BCUT2D eigenvalue weighted by atomic mass is 32.1. The number of rotatable bonds is 4. The molecule has 0 radical (unpaired) electrons. The number of esters is 1. The van der Waals surface area contributed by atoms with Gasteiger partial charge in [0.2, 0.25) is 0 Å². The predicted molar refractivity (Wildman–Crippen MR) is 97.2 cm³/mol. The lowest BCUT2D eigenvalue weighted by atomic mass is 9.89. The number of nitrogens with zero attached hydrogens (tertiary/aromatic N) is 1. The van der Waals surface area contributed by atoms with Gasteiger partial charge in [-0.15, -0.1) is 11.3 Å². The monoisotopic (exact) mass is 370 g/mol. The Hall–Kier alpha value is -2.85. The first kappa shape index (κ1) is 18.0. The van der Waals surface area contributed by atoms with Gasteiger partial charge in [0.05, 0.1) is 11.1 Å². The third kappa shape index (κ3) is 3.86. The average molecular weight is 370 g/mol. The molecule has 0 saturated heterocycles. The van der Waals surface area contributed by atoms with Crippen LogP contribution in [-0.2, 0) is 22.4 Å². The lowest BCUT2D eigenvalue weighted by Crippen LogP contribution is -2.20. The van der Waals surface area contributed by atoms with E-state index in [1.165, 1.54) is 35.6 Å². The van der Waals surface area contributed by atoms with Crippen molar-refractivity contribution in [2.45, 2.75) is 26.2 Å². The molecule has 26 heavy (non-hydrogen) atoms. The molecular weight excluding hydrogens is 352 g/mol. The number of phenolic OH excluding ortho intramolecular Hbond substituents is 1. The molecule has 134 valence electrons. The zero-order valence-corrected chi connectivity index (χ0v) is 15.1.